The molecule has 0 spiro atoms. The van der Waals surface area contributed by atoms with Crippen molar-refractivity contribution in [1.82, 2.24) is 19.7 Å². The summed E-state index contributed by atoms with van der Waals surface area (Å²) in [6, 6.07) is 8.29. The third kappa shape index (κ3) is 2.95. The lowest BCUT2D eigenvalue weighted by atomic mass is 10.2. The number of imidazole rings is 1. The Morgan fingerprint density at radius 3 is 2.96 bits per heavy atom. The number of hydrogen-bond donors (Lipinski definition) is 2. The highest BCUT2D eigenvalue weighted by Crippen LogP contribution is 2.40. The molecule has 3 aromatic rings. The number of aryl methyl sites for hydroxylation is 1. The van der Waals surface area contributed by atoms with Crippen LogP contribution in [0.25, 0.3) is 5.82 Å². The lowest BCUT2D eigenvalue weighted by Gasteiger charge is -2.29. The summed E-state index contributed by atoms with van der Waals surface area (Å²) in [5, 5.41) is 11.0. The first-order valence-corrected chi connectivity index (χ1v) is 9.19. The van der Waals surface area contributed by atoms with Crippen LogP contribution >= 0.6 is 0 Å². The molecule has 0 bridgehead atoms. The summed E-state index contributed by atoms with van der Waals surface area (Å²) in [5.41, 5.74) is 3.41. The van der Waals surface area contributed by atoms with Crippen molar-refractivity contribution in [2.45, 2.75) is 32.2 Å². The van der Waals surface area contributed by atoms with Crippen molar-refractivity contribution in [3.63, 3.8) is 0 Å². The molecule has 2 aromatic heterocycles. The Bertz CT molecular complexity index is 1010. The summed E-state index contributed by atoms with van der Waals surface area (Å²) in [7, 11) is 1.70. The highest BCUT2D eigenvalue weighted by Gasteiger charge is 2.26. The molecule has 5 rings (SSSR count). The van der Waals surface area contributed by atoms with Crippen LogP contribution in [0.15, 0.2) is 42.9 Å². The number of nitrogens with zero attached hydrogens (tertiary/aromatic N) is 4. The predicted molar refractivity (Wildman–Crippen MR) is 105 cm³/mol. The Hall–Kier alpha value is -3.22. The molecule has 2 N–H and O–H groups in total. The van der Waals surface area contributed by atoms with E-state index in [0.717, 1.165) is 28.9 Å². The first-order valence-electron chi connectivity index (χ1n) is 9.19. The van der Waals surface area contributed by atoms with Gasteiger partial charge in [0.25, 0.3) is 0 Å². The lowest BCUT2D eigenvalue weighted by Crippen LogP contribution is -2.27. The summed E-state index contributed by atoms with van der Waals surface area (Å²) >= 11 is 0. The summed E-state index contributed by atoms with van der Waals surface area (Å²) in [5.74, 6) is 4.17. The molecule has 1 aliphatic heterocycles. The standard InChI is InChI=1S/C20H22N6O/c1-13-3-6-17(27-2)16(9-13)25-11-19-21-7-8-26(19)20(12-25)22-18-10-15(23-24-18)14-4-5-14/h3,6-10,12,14H,4-5,11H2,1-2H3,(H2,22,23,24). The van der Waals surface area contributed by atoms with E-state index in [1.165, 1.54) is 24.1 Å². The van der Waals surface area contributed by atoms with Gasteiger partial charge in [-0.3, -0.25) is 9.67 Å². The third-order valence-electron chi connectivity index (χ3n) is 5.08. The molecule has 27 heavy (non-hydrogen) atoms. The number of H-pyrrole nitrogens is 1. The lowest BCUT2D eigenvalue weighted by molar-refractivity contribution is 0.415. The number of nitrogens with one attached hydrogen (secondary N) is 2. The number of aromatic amines is 1. The Kier molecular flexibility index (Phi) is 3.67. The second-order valence-corrected chi connectivity index (χ2v) is 7.14. The molecular formula is C20H22N6O. The van der Waals surface area contributed by atoms with Gasteiger partial charge in [0.15, 0.2) is 5.82 Å². The maximum atomic E-state index is 5.58. The molecule has 7 heteroatoms. The van der Waals surface area contributed by atoms with Gasteiger partial charge in [-0.15, -0.1) is 0 Å². The molecule has 7 nitrogen and oxygen atoms in total. The van der Waals surface area contributed by atoms with Crippen molar-refractivity contribution >= 4 is 17.3 Å². The van der Waals surface area contributed by atoms with E-state index in [1.54, 1.807) is 7.11 Å². The number of rotatable bonds is 5. The van der Waals surface area contributed by atoms with E-state index in [1.807, 2.05) is 18.5 Å². The minimum Gasteiger partial charge on any atom is -0.495 e. The van der Waals surface area contributed by atoms with Crippen LogP contribution in [0.2, 0.25) is 0 Å². The highest BCUT2D eigenvalue weighted by atomic mass is 16.5. The van der Waals surface area contributed by atoms with Gasteiger partial charge in [0.1, 0.15) is 17.4 Å². The van der Waals surface area contributed by atoms with E-state index < -0.39 is 0 Å². The zero-order chi connectivity index (χ0) is 18.4. The molecule has 0 unspecified atom stereocenters. The molecule has 3 heterocycles. The fourth-order valence-electron chi connectivity index (χ4n) is 3.49. The molecule has 1 fully saturated rings. The van der Waals surface area contributed by atoms with Crippen LogP contribution in [-0.2, 0) is 6.54 Å². The van der Waals surface area contributed by atoms with Gasteiger partial charge in [0, 0.05) is 36.3 Å². The average molecular weight is 362 g/mol. The smallest absolute Gasteiger partial charge is 0.153 e. The van der Waals surface area contributed by atoms with Crippen molar-refractivity contribution in [3.05, 3.63) is 59.9 Å². The van der Waals surface area contributed by atoms with Crippen molar-refractivity contribution < 1.29 is 4.74 Å². The molecule has 1 saturated carbocycles. The van der Waals surface area contributed by atoms with Crippen LogP contribution in [0, 0.1) is 6.92 Å². The largest absolute Gasteiger partial charge is 0.495 e. The number of methoxy groups -OCH3 is 1. The second-order valence-electron chi connectivity index (χ2n) is 7.14. The molecule has 1 aliphatic carbocycles. The Morgan fingerprint density at radius 1 is 1.26 bits per heavy atom. The monoisotopic (exact) mass is 362 g/mol. The van der Waals surface area contributed by atoms with Crippen LogP contribution in [0.1, 0.15) is 35.8 Å². The number of hydrogen-bond acceptors (Lipinski definition) is 5. The molecular weight excluding hydrogens is 340 g/mol. The van der Waals surface area contributed by atoms with Gasteiger partial charge in [-0.2, -0.15) is 5.10 Å². The van der Waals surface area contributed by atoms with Crippen molar-refractivity contribution in [2.75, 3.05) is 17.3 Å². The maximum absolute atomic E-state index is 5.58. The minimum atomic E-state index is 0.644. The highest BCUT2D eigenvalue weighted by molar-refractivity contribution is 5.71. The predicted octanol–water partition coefficient (Wildman–Crippen LogP) is 3.69. The van der Waals surface area contributed by atoms with Crippen molar-refractivity contribution in [3.8, 4) is 5.75 Å². The fourth-order valence-corrected chi connectivity index (χ4v) is 3.49. The van der Waals surface area contributed by atoms with Gasteiger partial charge >= 0.3 is 0 Å². The molecule has 0 saturated heterocycles. The summed E-state index contributed by atoms with van der Waals surface area (Å²) in [4.78, 5) is 6.67. The number of aromatic nitrogens is 4. The van der Waals surface area contributed by atoms with Gasteiger partial charge < -0.3 is 15.0 Å². The van der Waals surface area contributed by atoms with E-state index >= 15 is 0 Å². The second kappa shape index (κ2) is 6.19. The van der Waals surface area contributed by atoms with Crippen LogP contribution in [-0.4, -0.2) is 26.9 Å². The number of benzene rings is 1. The van der Waals surface area contributed by atoms with Crippen LogP contribution < -0.4 is 15.0 Å². The Balaban J connectivity index is 1.50. The van der Waals surface area contributed by atoms with Crippen LogP contribution in [0.5, 0.6) is 5.75 Å². The summed E-state index contributed by atoms with van der Waals surface area (Å²) < 4.78 is 7.64. The van der Waals surface area contributed by atoms with E-state index in [9.17, 15) is 0 Å². The molecule has 138 valence electrons. The third-order valence-corrected chi connectivity index (χ3v) is 5.08. The molecule has 0 atom stereocenters. The van der Waals surface area contributed by atoms with E-state index in [-0.39, 0.29) is 0 Å². The number of anilines is 2. The zero-order valence-electron chi connectivity index (χ0n) is 15.4. The van der Waals surface area contributed by atoms with Crippen LogP contribution in [0.4, 0.5) is 11.5 Å². The molecule has 0 amide bonds. The van der Waals surface area contributed by atoms with E-state index in [2.05, 4.69) is 61.3 Å². The minimum absolute atomic E-state index is 0.644. The molecule has 0 radical (unpaired) electrons. The maximum Gasteiger partial charge on any atom is 0.153 e. The Morgan fingerprint density at radius 2 is 2.15 bits per heavy atom. The van der Waals surface area contributed by atoms with Crippen molar-refractivity contribution in [2.24, 2.45) is 0 Å². The zero-order valence-corrected chi connectivity index (χ0v) is 15.4. The van der Waals surface area contributed by atoms with Gasteiger partial charge in [0.05, 0.1) is 19.3 Å². The van der Waals surface area contributed by atoms with Gasteiger partial charge in [-0.05, 0) is 37.5 Å². The average Bonchev–Trinajstić information content (AvgIpc) is 3.23. The fraction of sp³-hybridized carbons (Fsp3) is 0.300. The van der Waals surface area contributed by atoms with E-state index in [4.69, 9.17) is 4.74 Å². The molecule has 1 aromatic carbocycles. The van der Waals surface area contributed by atoms with E-state index in [0.29, 0.717) is 12.5 Å². The number of fused-ring (bicyclic) bond motifs is 1. The van der Waals surface area contributed by atoms with Gasteiger partial charge in [-0.25, -0.2) is 4.98 Å². The van der Waals surface area contributed by atoms with Gasteiger partial charge in [-0.1, -0.05) is 6.07 Å². The first kappa shape index (κ1) is 16.0. The quantitative estimate of drug-likeness (QED) is 0.724. The van der Waals surface area contributed by atoms with Crippen LogP contribution in [0.3, 0.4) is 0 Å². The normalized spacial score (nSPS) is 16.1. The topological polar surface area (TPSA) is 71.0 Å². The number of ether oxygens (including phenoxy) is 1. The van der Waals surface area contributed by atoms with Gasteiger partial charge in [0.2, 0.25) is 0 Å². The molecule has 2 aliphatic rings. The van der Waals surface area contributed by atoms with Crippen molar-refractivity contribution in [1.29, 1.82) is 0 Å². The summed E-state index contributed by atoms with van der Waals surface area (Å²) in [6.07, 6.45) is 8.36. The summed E-state index contributed by atoms with van der Waals surface area (Å²) in [6.45, 7) is 2.76. The SMILES string of the molecule is COc1ccc(C)cc1N1C=C(Nc2cc(C3CC3)[nH]n2)n2ccnc2C1. The first-order chi connectivity index (χ1) is 13.2. The Labute approximate surface area is 157 Å².